The first-order valence-electron chi connectivity index (χ1n) is 4.23. The van der Waals surface area contributed by atoms with E-state index in [4.69, 9.17) is 4.74 Å². The SMILES string of the molecule is CC[C@H](OC)c1ccccc1[I+]O. The number of hydrogen-bond donors (Lipinski definition) is 1. The topological polar surface area (TPSA) is 29.5 Å². The van der Waals surface area contributed by atoms with E-state index in [1.54, 1.807) is 7.11 Å². The molecule has 0 radical (unpaired) electrons. The first kappa shape index (κ1) is 10.9. The molecule has 0 amide bonds. The van der Waals surface area contributed by atoms with Crippen LogP contribution in [0.3, 0.4) is 0 Å². The standard InChI is InChI=1S/C10H14IO2/c1-3-10(13-2)8-6-4-5-7-9(8)11-12/h4-7,10,12H,3H2,1-2H3/q+1/t10-/m0/s1. The summed E-state index contributed by atoms with van der Waals surface area (Å²) in [5.41, 5.74) is 1.14. The number of methoxy groups -OCH3 is 1. The lowest BCUT2D eigenvalue weighted by Gasteiger charge is -2.11. The molecule has 0 unspecified atom stereocenters. The van der Waals surface area contributed by atoms with Crippen LogP contribution in [0, 0.1) is 3.57 Å². The summed E-state index contributed by atoms with van der Waals surface area (Å²) in [6.45, 7) is 2.08. The van der Waals surface area contributed by atoms with Crippen LogP contribution < -0.4 is 21.6 Å². The van der Waals surface area contributed by atoms with E-state index >= 15 is 0 Å². The Bertz CT molecular complexity index is 259. The summed E-state index contributed by atoms with van der Waals surface area (Å²) in [7, 11) is 1.71. The summed E-state index contributed by atoms with van der Waals surface area (Å²) in [4.78, 5) is 0. The third kappa shape index (κ3) is 2.65. The van der Waals surface area contributed by atoms with Crippen LogP contribution in [0.5, 0.6) is 0 Å². The molecule has 0 saturated carbocycles. The normalized spacial score (nSPS) is 12.8. The monoisotopic (exact) mass is 293 g/mol. The van der Waals surface area contributed by atoms with Crippen LogP contribution >= 0.6 is 0 Å². The molecule has 1 atom stereocenters. The van der Waals surface area contributed by atoms with E-state index < -0.39 is 21.6 Å². The summed E-state index contributed by atoms with van der Waals surface area (Å²) in [6.07, 6.45) is 1.07. The van der Waals surface area contributed by atoms with E-state index in [2.05, 4.69) is 6.92 Å². The van der Waals surface area contributed by atoms with E-state index in [0.717, 1.165) is 15.6 Å². The van der Waals surface area contributed by atoms with Gasteiger partial charge in [-0.25, -0.2) is 0 Å². The average Bonchev–Trinajstić information content (AvgIpc) is 2.20. The van der Waals surface area contributed by atoms with Crippen LogP contribution in [0.15, 0.2) is 24.3 Å². The van der Waals surface area contributed by atoms with E-state index in [1.807, 2.05) is 24.3 Å². The van der Waals surface area contributed by atoms with Crippen molar-refractivity contribution in [1.82, 2.24) is 0 Å². The summed E-state index contributed by atoms with van der Waals surface area (Å²) in [5, 5.41) is 0. The molecule has 0 aromatic heterocycles. The molecule has 0 bridgehead atoms. The lowest BCUT2D eigenvalue weighted by Crippen LogP contribution is -3.61. The predicted molar refractivity (Wildman–Crippen MR) is 47.4 cm³/mol. The van der Waals surface area contributed by atoms with Gasteiger partial charge < -0.3 is 4.74 Å². The van der Waals surface area contributed by atoms with Crippen molar-refractivity contribution in [2.75, 3.05) is 7.11 Å². The highest BCUT2D eigenvalue weighted by Gasteiger charge is 2.20. The molecule has 1 aromatic carbocycles. The second-order valence-corrected chi connectivity index (χ2v) is 4.38. The maximum atomic E-state index is 9.21. The summed E-state index contributed by atoms with van der Waals surface area (Å²) >= 11 is -0.838. The second kappa shape index (κ2) is 5.57. The molecule has 0 saturated heterocycles. The third-order valence-electron chi connectivity index (χ3n) is 2.00. The molecule has 0 aliphatic rings. The quantitative estimate of drug-likeness (QED) is 0.718. The molecule has 0 aliphatic heterocycles. The van der Waals surface area contributed by atoms with E-state index in [9.17, 15) is 3.44 Å². The molecule has 1 aromatic rings. The van der Waals surface area contributed by atoms with Crippen LogP contribution in [-0.4, -0.2) is 10.5 Å². The fourth-order valence-corrected chi connectivity index (χ4v) is 2.50. The van der Waals surface area contributed by atoms with E-state index in [-0.39, 0.29) is 6.10 Å². The largest absolute Gasteiger partial charge is 0.519 e. The zero-order valence-corrected chi connectivity index (χ0v) is 9.98. The van der Waals surface area contributed by atoms with Crippen LogP contribution in [0.4, 0.5) is 0 Å². The Morgan fingerprint density at radius 2 is 2.15 bits per heavy atom. The van der Waals surface area contributed by atoms with Gasteiger partial charge in [0.1, 0.15) is 0 Å². The molecule has 13 heavy (non-hydrogen) atoms. The highest BCUT2D eigenvalue weighted by Crippen LogP contribution is 2.18. The van der Waals surface area contributed by atoms with Gasteiger partial charge >= 0.3 is 21.6 Å². The summed E-state index contributed by atoms with van der Waals surface area (Å²) < 4.78 is 15.6. The highest BCUT2D eigenvalue weighted by molar-refractivity contribution is 5.16. The molecule has 72 valence electrons. The zero-order chi connectivity index (χ0) is 9.68. The first-order chi connectivity index (χ1) is 6.33. The molecule has 0 heterocycles. The number of ether oxygens (including phenoxy) is 1. The number of rotatable bonds is 4. The average molecular weight is 293 g/mol. The van der Waals surface area contributed by atoms with Crippen molar-refractivity contribution in [1.29, 1.82) is 0 Å². The Kier molecular flexibility index (Phi) is 4.69. The third-order valence-corrected chi connectivity index (χ3v) is 3.50. The Labute approximate surface area is 89.7 Å². The minimum Gasteiger partial charge on any atom is -0.377 e. The van der Waals surface area contributed by atoms with Gasteiger partial charge in [-0.05, 0) is 12.5 Å². The van der Waals surface area contributed by atoms with Crippen molar-refractivity contribution in [2.24, 2.45) is 0 Å². The summed E-state index contributed by atoms with van der Waals surface area (Å²) in [6, 6.07) is 7.95. The molecule has 0 aliphatic carbocycles. The molecular formula is C10H14IO2+. The molecule has 2 nitrogen and oxygen atoms in total. The van der Waals surface area contributed by atoms with E-state index in [1.165, 1.54) is 0 Å². The van der Waals surface area contributed by atoms with Gasteiger partial charge in [-0.2, -0.15) is 3.44 Å². The molecular weight excluding hydrogens is 279 g/mol. The van der Waals surface area contributed by atoms with Crippen molar-refractivity contribution < 1.29 is 29.8 Å². The fraction of sp³-hybridized carbons (Fsp3) is 0.400. The molecule has 3 heteroatoms. The van der Waals surface area contributed by atoms with Gasteiger partial charge in [-0.3, -0.25) is 0 Å². The number of halogens is 1. The van der Waals surface area contributed by atoms with Crippen LogP contribution in [0.25, 0.3) is 0 Å². The minimum atomic E-state index is -0.838. The van der Waals surface area contributed by atoms with Crippen molar-refractivity contribution in [3.63, 3.8) is 0 Å². The Balaban J connectivity index is 2.96. The number of benzene rings is 1. The lowest BCUT2D eigenvalue weighted by atomic mass is 10.1. The van der Waals surface area contributed by atoms with Crippen molar-refractivity contribution in [2.45, 2.75) is 19.4 Å². The van der Waals surface area contributed by atoms with Gasteiger partial charge in [0.2, 0.25) is 3.57 Å². The van der Waals surface area contributed by atoms with Gasteiger partial charge in [0.25, 0.3) is 0 Å². The van der Waals surface area contributed by atoms with Gasteiger partial charge in [0.15, 0.2) is 0 Å². The van der Waals surface area contributed by atoms with Crippen molar-refractivity contribution in [3.8, 4) is 0 Å². The Hall–Kier alpha value is -0.130. The predicted octanol–water partition coefficient (Wildman–Crippen LogP) is -1.05. The maximum absolute atomic E-state index is 9.21. The van der Waals surface area contributed by atoms with Gasteiger partial charge in [0.05, 0.1) is 6.10 Å². The van der Waals surface area contributed by atoms with Crippen LogP contribution in [0.1, 0.15) is 25.0 Å². The first-order valence-corrected chi connectivity index (χ1v) is 6.28. The fourth-order valence-electron chi connectivity index (χ4n) is 1.33. The maximum Gasteiger partial charge on any atom is 0.519 e. The van der Waals surface area contributed by atoms with Crippen LogP contribution in [0.2, 0.25) is 0 Å². The van der Waals surface area contributed by atoms with Gasteiger partial charge in [-0.1, -0.05) is 25.1 Å². The zero-order valence-electron chi connectivity index (χ0n) is 7.83. The van der Waals surface area contributed by atoms with E-state index in [0.29, 0.717) is 0 Å². The molecule has 0 fully saturated rings. The molecule has 1 rings (SSSR count). The smallest absolute Gasteiger partial charge is 0.377 e. The minimum absolute atomic E-state index is 0.128. The Morgan fingerprint density at radius 3 is 2.69 bits per heavy atom. The highest BCUT2D eigenvalue weighted by atomic mass is 127. The van der Waals surface area contributed by atoms with Gasteiger partial charge in [-0.15, -0.1) is 0 Å². The van der Waals surface area contributed by atoms with Crippen LogP contribution in [-0.2, 0) is 4.74 Å². The second-order valence-electron chi connectivity index (χ2n) is 2.74. The number of hydrogen-bond acceptors (Lipinski definition) is 2. The Morgan fingerprint density at radius 1 is 1.46 bits per heavy atom. The van der Waals surface area contributed by atoms with Crippen molar-refractivity contribution >= 4 is 0 Å². The van der Waals surface area contributed by atoms with Crippen molar-refractivity contribution in [3.05, 3.63) is 33.4 Å². The van der Waals surface area contributed by atoms with Gasteiger partial charge in [0, 0.05) is 12.7 Å². The lowest BCUT2D eigenvalue weighted by molar-refractivity contribution is -0.867. The molecule has 1 N–H and O–H groups in total. The summed E-state index contributed by atoms with van der Waals surface area (Å²) in [5.74, 6) is 0. The molecule has 0 spiro atoms.